The number of rotatable bonds is 5. The fourth-order valence-corrected chi connectivity index (χ4v) is 4.00. The van der Waals surface area contributed by atoms with Crippen molar-refractivity contribution in [3.63, 3.8) is 0 Å². The number of aromatic nitrogens is 3. The number of anilines is 1. The minimum Gasteiger partial charge on any atom is -0.322 e. The molecule has 0 aliphatic rings. The summed E-state index contributed by atoms with van der Waals surface area (Å²) >= 11 is 7.23. The number of nitrogens with zero attached hydrogens (tertiary/aromatic N) is 3. The van der Waals surface area contributed by atoms with Crippen LogP contribution in [0.25, 0.3) is 11.4 Å². The number of nitrogens with one attached hydrogen (secondary N) is 1. The van der Waals surface area contributed by atoms with Gasteiger partial charge in [0.05, 0.1) is 5.56 Å². The number of hydrogen-bond donors (Lipinski definition) is 1. The summed E-state index contributed by atoms with van der Waals surface area (Å²) in [5.41, 5.74) is 1.31. The van der Waals surface area contributed by atoms with E-state index in [4.69, 9.17) is 11.6 Å². The van der Waals surface area contributed by atoms with Gasteiger partial charge in [-0.3, -0.25) is 4.79 Å². The highest BCUT2D eigenvalue weighted by molar-refractivity contribution is 7.99. The van der Waals surface area contributed by atoms with Crippen molar-refractivity contribution < 1.29 is 9.18 Å². The quantitative estimate of drug-likeness (QED) is 0.435. The summed E-state index contributed by atoms with van der Waals surface area (Å²) in [6.45, 7) is 0. The van der Waals surface area contributed by atoms with E-state index in [1.54, 1.807) is 53.4 Å². The van der Waals surface area contributed by atoms with Gasteiger partial charge in [-0.25, -0.2) is 4.39 Å². The van der Waals surface area contributed by atoms with Crippen LogP contribution in [0.2, 0.25) is 5.02 Å². The molecule has 30 heavy (non-hydrogen) atoms. The average Bonchev–Trinajstić information content (AvgIpc) is 3.16. The van der Waals surface area contributed by atoms with E-state index in [-0.39, 0.29) is 5.56 Å². The standard InChI is InChI=1S/C22H16ClFN4OS/c1-28-13-25-27-21(28)14-4-2-5-16(12-14)26-22(29)20-18(24)6-3-7-19(20)30-17-10-8-15(23)9-11-17/h2-13H,1H3,(H,26,29). The predicted molar refractivity (Wildman–Crippen MR) is 116 cm³/mol. The number of carbonyl (C=O) groups is 1. The molecule has 0 bridgehead atoms. The van der Waals surface area contributed by atoms with Gasteiger partial charge in [0.15, 0.2) is 5.82 Å². The molecular weight excluding hydrogens is 423 g/mol. The molecular formula is C22H16ClFN4OS. The molecule has 3 aromatic carbocycles. The van der Waals surface area contributed by atoms with Crippen LogP contribution in [-0.2, 0) is 7.05 Å². The van der Waals surface area contributed by atoms with Crippen molar-refractivity contribution in [2.24, 2.45) is 7.05 Å². The minimum atomic E-state index is -0.587. The minimum absolute atomic E-state index is 0.0125. The Morgan fingerprint density at radius 2 is 1.87 bits per heavy atom. The van der Waals surface area contributed by atoms with Crippen molar-refractivity contribution in [3.05, 3.63) is 89.5 Å². The number of hydrogen-bond acceptors (Lipinski definition) is 4. The first kappa shape index (κ1) is 20.1. The molecule has 5 nitrogen and oxygen atoms in total. The molecule has 0 saturated heterocycles. The van der Waals surface area contributed by atoms with Crippen LogP contribution in [-0.4, -0.2) is 20.7 Å². The van der Waals surface area contributed by atoms with E-state index >= 15 is 0 Å². The van der Waals surface area contributed by atoms with Crippen LogP contribution < -0.4 is 5.32 Å². The van der Waals surface area contributed by atoms with Crippen molar-refractivity contribution in [2.45, 2.75) is 9.79 Å². The van der Waals surface area contributed by atoms with Crippen LogP contribution >= 0.6 is 23.4 Å². The first-order valence-electron chi connectivity index (χ1n) is 8.99. The summed E-state index contributed by atoms with van der Waals surface area (Å²) in [5.74, 6) is -0.452. The summed E-state index contributed by atoms with van der Waals surface area (Å²) < 4.78 is 16.4. The fraction of sp³-hybridized carbons (Fsp3) is 0.0455. The highest BCUT2D eigenvalue weighted by atomic mass is 35.5. The molecule has 1 aromatic heterocycles. The molecule has 0 radical (unpaired) electrons. The van der Waals surface area contributed by atoms with Gasteiger partial charge in [-0.05, 0) is 48.5 Å². The molecule has 150 valence electrons. The average molecular weight is 439 g/mol. The number of benzene rings is 3. The Bertz CT molecular complexity index is 1210. The molecule has 0 spiro atoms. The molecule has 1 amide bonds. The van der Waals surface area contributed by atoms with E-state index in [1.165, 1.54) is 17.8 Å². The summed E-state index contributed by atoms with van der Waals surface area (Å²) in [7, 11) is 1.83. The number of halogens is 2. The predicted octanol–water partition coefficient (Wildman–Crippen LogP) is 5.68. The van der Waals surface area contributed by atoms with E-state index in [0.29, 0.717) is 21.4 Å². The first-order chi connectivity index (χ1) is 14.5. The summed E-state index contributed by atoms with van der Waals surface area (Å²) in [5, 5.41) is 11.3. The molecule has 0 fully saturated rings. The number of amides is 1. The Balaban J connectivity index is 1.61. The van der Waals surface area contributed by atoms with Crippen LogP contribution in [0.3, 0.4) is 0 Å². The second-order valence-corrected chi connectivity index (χ2v) is 8.02. The van der Waals surface area contributed by atoms with Crippen LogP contribution in [0.15, 0.2) is 82.8 Å². The molecule has 0 unspecified atom stereocenters. The van der Waals surface area contributed by atoms with Gasteiger partial charge in [-0.2, -0.15) is 0 Å². The van der Waals surface area contributed by atoms with E-state index < -0.39 is 11.7 Å². The van der Waals surface area contributed by atoms with E-state index in [1.807, 2.05) is 25.2 Å². The maximum Gasteiger partial charge on any atom is 0.259 e. The summed E-state index contributed by atoms with van der Waals surface area (Å²) in [6.07, 6.45) is 1.60. The second kappa shape index (κ2) is 8.69. The van der Waals surface area contributed by atoms with Gasteiger partial charge in [0.25, 0.3) is 5.91 Å². The van der Waals surface area contributed by atoms with Gasteiger partial charge in [0, 0.05) is 33.1 Å². The highest BCUT2D eigenvalue weighted by Gasteiger charge is 2.18. The number of aryl methyl sites for hydroxylation is 1. The second-order valence-electron chi connectivity index (χ2n) is 6.47. The Kier molecular flexibility index (Phi) is 5.83. The lowest BCUT2D eigenvalue weighted by Gasteiger charge is -2.12. The Morgan fingerprint density at radius 1 is 1.10 bits per heavy atom. The van der Waals surface area contributed by atoms with Crippen molar-refractivity contribution in [1.82, 2.24) is 14.8 Å². The van der Waals surface area contributed by atoms with Gasteiger partial charge in [0.2, 0.25) is 0 Å². The largest absolute Gasteiger partial charge is 0.322 e. The lowest BCUT2D eigenvalue weighted by molar-refractivity contribution is 0.102. The molecule has 0 atom stereocenters. The normalized spacial score (nSPS) is 10.8. The molecule has 0 aliphatic heterocycles. The summed E-state index contributed by atoms with van der Waals surface area (Å²) in [6, 6.07) is 18.9. The van der Waals surface area contributed by atoms with Crippen LogP contribution in [0, 0.1) is 5.82 Å². The highest BCUT2D eigenvalue weighted by Crippen LogP contribution is 2.33. The van der Waals surface area contributed by atoms with Gasteiger partial charge < -0.3 is 9.88 Å². The lowest BCUT2D eigenvalue weighted by Crippen LogP contribution is -2.15. The third-order valence-corrected chi connectivity index (χ3v) is 5.65. The smallest absolute Gasteiger partial charge is 0.259 e. The van der Waals surface area contributed by atoms with Crippen LogP contribution in [0.5, 0.6) is 0 Å². The Hall–Kier alpha value is -3.16. The van der Waals surface area contributed by atoms with Crippen molar-refractivity contribution in [3.8, 4) is 11.4 Å². The third-order valence-electron chi connectivity index (χ3n) is 4.33. The molecule has 1 heterocycles. The molecule has 4 rings (SSSR count). The van der Waals surface area contributed by atoms with Crippen molar-refractivity contribution in [1.29, 1.82) is 0 Å². The van der Waals surface area contributed by atoms with E-state index in [9.17, 15) is 9.18 Å². The monoisotopic (exact) mass is 438 g/mol. The molecule has 0 saturated carbocycles. The summed E-state index contributed by atoms with van der Waals surface area (Å²) in [4.78, 5) is 14.3. The Morgan fingerprint density at radius 3 is 2.60 bits per heavy atom. The van der Waals surface area contributed by atoms with Crippen LogP contribution in [0.4, 0.5) is 10.1 Å². The van der Waals surface area contributed by atoms with Crippen molar-refractivity contribution in [2.75, 3.05) is 5.32 Å². The first-order valence-corrected chi connectivity index (χ1v) is 10.2. The zero-order chi connectivity index (χ0) is 21.1. The zero-order valence-corrected chi connectivity index (χ0v) is 17.4. The lowest BCUT2D eigenvalue weighted by atomic mass is 10.1. The molecule has 1 N–H and O–H groups in total. The topological polar surface area (TPSA) is 59.8 Å². The molecule has 8 heteroatoms. The van der Waals surface area contributed by atoms with Gasteiger partial charge in [-0.1, -0.05) is 41.6 Å². The van der Waals surface area contributed by atoms with Crippen molar-refractivity contribution >= 4 is 35.0 Å². The SMILES string of the molecule is Cn1cnnc1-c1cccc(NC(=O)c2c(F)cccc2Sc2ccc(Cl)cc2)c1. The van der Waals surface area contributed by atoms with E-state index in [2.05, 4.69) is 15.5 Å². The van der Waals surface area contributed by atoms with Gasteiger partial charge >= 0.3 is 0 Å². The van der Waals surface area contributed by atoms with Gasteiger partial charge in [0.1, 0.15) is 12.1 Å². The molecule has 0 aliphatic carbocycles. The third kappa shape index (κ3) is 4.37. The number of carbonyl (C=O) groups excluding carboxylic acids is 1. The molecule has 4 aromatic rings. The maximum absolute atomic E-state index is 14.6. The maximum atomic E-state index is 14.6. The van der Waals surface area contributed by atoms with Gasteiger partial charge in [-0.15, -0.1) is 10.2 Å². The fourth-order valence-electron chi connectivity index (χ4n) is 2.91. The zero-order valence-electron chi connectivity index (χ0n) is 15.8. The van der Waals surface area contributed by atoms with Crippen LogP contribution in [0.1, 0.15) is 10.4 Å². The van der Waals surface area contributed by atoms with E-state index in [0.717, 1.165) is 10.5 Å². The Labute approximate surface area is 181 Å².